The second kappa shape index (κ2) is 4.33. The van der Waals surface area contributed by atoms with Crippen molar-refractivity contribution in [3.63, 3.8) is 0 Å². The Bertz CT molecular complexity index is 361. The average Bonchev–Trinajstić information content (AvgIpc) is 2.17. The first-order chi connectivity index (χ1) is 6.60. The molecule has 0 fully saturated rings. The van der Waals surface area contributed by atoms with E-state index >= 15 is 0 Å². The van der Waals surface area contributed by atoms with Gasteiger partial charge in [-0.3, -0.25) is 4.79 Å². The van der Waals surface area contributed by atoms with Gasteiger partial charge in [0.25, 0.3) is 0 Å². The van der Waals surface area contributed by atoms with E-state index in [0.29, 0.717) is 12.0 Å². The molecule has 0 heterocycles. The molecule has 0 aromatic heterocycles. The van der Waals surface area contributed by atoms with E-state index in [0.717, 1.165) is 0 Å². The molecule has 0 aliphatic heterocycles. The van der Waals surface area contributed by atoms with Crippen LogP contribution in [0.1, 0.15) is 22.8 Å². The van der Waals surface area contributed by atoms with Gasteiger partial charge in [0.05, 0.1) is 11.4 Å². The zero-order chi connectivity index (χ0) is 10.7. The number of hydrogen-bond acceptors (Lipinski definition) is 3. The van der Waals surface area contributed by atoms with E-state index < -0.39 is 0 Å². The number of aryl methyl sites for hydroxylation is 1. The highest BCUT2D eigenvalue weighted by atomic mass is 35.5. The summed E-state index contributed by atoms with van der Waals surface area (Å²) in [4.78, 5) is 11.2. The van der Waals surface area contributed by atoms with Crippen molar-refractivity contribution in [2.45, 2.75) is 13.3 Å². The molecule has 1 rings (SSSR count). The summed E-state index contributed by atoms with van der Waals surface area (Å²) in [6, 6.07) is 2.63. The normalized spacial score (nSPS) is 10.1. The molecule has 1 aromatic carbocycles. The number of aromatic hydroxyl groups is 2. The zero-order valence-corrected chi connectivity index (χ0v) is 8.51. The number of ketones is 1. The van der Waals surface area contributed by atoms with E-state index in [1.54, 1.807) is 0 Å². The van der Waals surface area contributed by atoms with Crippen LogP contribution in [-0.4, -0.2) is 21.9 Å². The van der Waals surface area contributed by atoms with Crippen molar-refractivity contribution in [1.29, 1.82) is 0 Å². The van der Waals surface area contributed by atoms with Crippen molar-refractivity contribution < 1.29 is 15.0 Å². The van der Waals surface area contributed by atoms with Crippen LogP contribution in [0.2, 0.25) is 0 Å². The van der Waals surface area contributed by atoms with Gasteiger partial charge in [-0.15, -0.1) is 11.6 Å². The molecule has 1 aromatic rings. The summed E-state index contributed by atoms with van der Waals surface area (Å²) >= 11 is 5.37. The van der Waals surface area contributed by atoms with E-state index in [-0.39, 0.29) is 28.7 Å². The van der Waals surface area contributed by atoms with Crippen LogP contribution >= 0.6 is 11.6 Å². The van der Waals surface area contributed by atoms with E-state index in [4.69, 9.17) is 11.6 Å². The van der Waals surface area contributed by atoms with Crippen LogP contribution < -0.4 is 0 Å². The molecule has 3 nitrogen and oxygen atoms in total. The van der Waals surface area contributed by atoms with Crippen molar-refractivity contribution in [3.05, 3.63) is 23.3 Å². The molecule has 76 valence electrons. The minimum absolute atomic E-state index is 0.00359. The maximum atomic E-state index is 11.2. The Morgan fingerprint density at radius 3 is 2.50 bits per heavy atom. The van der Waals surface area contributed by atoms with Gasteiger partial charge in [-0.25, -0.2) is 0 Å². The van der Waals surface area contributed by atoms with Gasteiger partial charge in [0.2, 0.25) is 0 Å². The maximum Gasteiger partial charge on any atom is 0.181 e. The Labute approximate surface area is 86.9 Å². The molecule has 0 saturated carbocycles. The van der Waals surface area contributed by atoms with Gasteiger partial charge in [0.1, 0.15) is 11.5 Å². The monoisotopic (exact) mass is 214 g/mol. The lowest BCUT2D eigenvalue weighted by Gasteiger charge is -2.06. The van der Waals surface area contributed by atoms with Crippen LogP contribution in [0.15, 0.2) is 12.1 Å². The number of Topliss-reactive ketones (excluding diaryl/α,β-unsaturated/α-hetero) is 1. The Balaban J connectivity index is 3.24. The van der Waals surface area contributed by atoms with Crippen molar-refractivity contribution in [3.8, 4) is 11.5 Å². The molecule has 0 saturated heterocycles. The third-order valence-corrected chi connectivity index (χ3v) is 2.24. The largest absolute Gasteiger partial charge is 0.508 e. The molecule has 0 amide bonds. The Morgan fingerprint density at radius 2 is 2.00 bits per heavy atom. The minimum atomic E-state index is -0.348. The van der Waals surface area contributed by atoms with Gasteiger partial charge >= 0.3 is 0 Å². The lowest BCUT2D eigenvalue weighted by Crippen LogP contribution is -2.01. The lowest BCUT2D eigenvalue weighted by molar-refractivity contribution is 0.101. The summed E-state index contributed by atoms with van der Waals surface area (Å²) in [5.74, 6) is -0.762. The average molecular weight is 215 g/mol. The number of halogens is 1. The maximum absolute atomic E-state index is 11.2. The van der Waals surface area contributed by atoms with E-state index in [2.05, 4.69) is 0 Å². The van der Waals surface area contributed by atoms with Gasteiger partial charge in [-0.2, -0.15) is 0 Å². The van der Waals surface area contributed by atoms with Crippen LogP contribution in [0.5, 0.6) is 11.5 Å². The third-order valence-electron chi connectivity index (χ3n) is 2.00. The summed E-state index contributed by atoms with van der Waals surface area (Å²) in [6.07, 6.45) is 0.592. The zero-order valence-electron chi connectivity index (χ0n) is 7.75. The molecule has 0 spiro atoms. The van der Waals surface area contributed by atoms with Crippen LogP contribution in [0.25, 0.3) is 0 Å². The van der Waals surface area contributed by atoms with Crippen LogP contribution in [0.3, 0.4) is 0 Å². The number of phenols is 2. The molecule has 0 aliphatic rings. The second-order valence-corrected chi connectivity index (χ2v) is 3.18. The molecule has 0 atom stereocenters. The molecule has 0 bridgehead atoms. The Morgan fingerprint density at radius 1 is 1.36 bits per heavy atom. The predicted molar refractivity (Wildman–Crippen MR) is 54.2 cm³/mol. The fourth-order valence-electron chi connectivity index (χ4n) is 1.20. The number of alkyl halides is 1. The smallest absolute Gasteiger partial charge is 0.181 e. The first-order valence-corrected chi connectivity index (χ1v) is 4.77. The van der Waals surface area contributed by atoms with Gasteiger partial charge < -0.3 is 10.2 Å². The fourth-order valence-corrected chi connectivity index (χ4v) is 1.34. The van der Waals surface area contributed by atoms with Crippen LogP contribution in [0, 0.1) is 0 Å². The Kier molecular flexibility index (Phi) is 3.36. The highest BCUT2D eigenvalue weighted by Gasteiger charge is 2.13. The molecule has 4 heteroatoms. The number of phenolic OH excluding ortho intramolecular Hbond substituents is 2. The first kappa shape index (κ1) is 10.9. The lowest BCUT2D eigenvalue weighted by atomic mass is 10.0. The molecular weight excluding hydrogens is 204 g/mol. The molecular formula is C10H11ClO3. The van der Waals surface area contributed by atoms with E-state index in [1.165, 1.54) is 12.1 Å². The summed E-state index contributed by atoms with van der Waals surface area (Å²) in [5.41, 5.74) is 0.783. The van der Waals surface area contributed by atoms with Gasteiger partial charge in [-0.05, 0) is 18.1 Å². The summed E-state index contributed by atoms with van der Waals surface area (Å²) < 4.78 is 0. The van der Waals surface area contributed by atoms with Crippen LogP contribution in [-0.2, 0) is 6.42 Å². The predicted octanol–water partition coefficient (Wildman–Crippen LogP) is 2.08. The topological polar surface area (TPSA) is 57.5 Å². The number of carbonyl (C=O) groups is 1. The SMILES string of the molecule is CCc1cc(C(=O)CCl)c(O)cc1O. The second-order valence-electron chi connectivity index (χ2n) is 2.91. The highest BCUT2D eigenvalue weighted by Crippen LogP contribution is 2.28. The number of carbonyl (C=O) groups excluding carboxylic acids is 1. The van der Waals surface area contributed by atoms with Gasteiger partial charge in [-0.1, -0.05) is 6.92 Å². The molecule has 2 N–H and O–H groups in total. The number of benzene rings is 1. The van der Waals surface area contributed by atoms with Crippen molar-refractivity contribution in [2.24, 2.45) is 0 Å². The summed E-state index contributed by atoms with van der Waals surface area (Å²) in [5, 5.41) is 18.7. The van der Waals surface area contributed by atoms with Crippen molar-refractivity contribution in [2.75, 3.05) is 5.88 Å². The van der Waals surface area contributed by atoms with Gasteiger partial charge in [0.15, 0.2) is 5.78 Å². The van der Waals surface area contributed by atoms with Crippen LogP contribution in [0.4, 0.5) is 0 Å². The molecule has 0 radical (unpaired) electrons. The minimum Gasteiger partial charge on any atom is -0.508 e. The molecule has 0 unspecified atom stereocenters. The van der Waals surface area contributed by atoms with Crippen molar-refractivity contribution >= 4 is 17.4 Å². The van der Waals surface area contributed by atoms with E-state index in [1.807, 2.05) is 6.92 Å². The summed E-state index contributed by atoms with van der Waals surface area (Å²) in [7, 11) is 0. The molecule has 14 heavy (non-hydrogen) atoms. The quantitative estimate of drug-likeness (QED) is 0.598. The van der Waals surface area contributed by atoms with E-state index in [9.17, 15) is 15.0 Å². The highest BCUT2D eigenvalue weighted by molar-refractivity contribution is 6.30. The molecule has 0 aliphatic carbocycles. The third kappa shape index (κ3) is 1.99. The fraction of sp³-hybridized carbons (Fsp3) is 0.300. The van der Waals surface area contributed by atoms with Gasteiger partial charge in [0, 0.05) is 6.07 Å². The number of hydrogen-bond donors (Lipinski definition) is 2. The first-order valence-electron chi connectivity index (χ1n) is 4.24. The number of rotatable bonds is 3. The van der Waals surface area contributed by atoms with Crippen molar-refractivity contribution in [1.82, 2.24) is 0 Å². The standard InChI is InChI=1S/C10H11ClO3/c1-2-6-3-7(10(14)5-11)9(13)4-8(6)12/h3-4,12-13H,2,5H2,1H3. The summed E-state index contributed by atoms with van der Waals surface area (Å²) in [6.45, 7) is 1.85. The Hall–Kier alpha value is -1.22.